The van der Waals surface area contributed by atoms with Crippen LogP contribution < -0.4 is 10.6 Å². The molecular formula is C32H33N5O2. The molecule has 0 aliphatic rings. The molecule has 1 amide bonds. The molecule has 0 aliphatic heterocycles. The zero-order valence-corrected chi connectivity index (χ0v) is 22.9. The largest absolute Gasteiger partial charge is 0.386 e. The fourth-order valence-electron chi connectivity index (χ4n) is 4.33. The van der Waals surface area contributed by atoms with E-state index in [1.54, 1.807) is 20.0 Å². The second kappa shape index (κ2) is 10.0. The van der Waals surface area contributed by atoms with E-state index in [-0.39, 0.29) is 11.3 Å². The lowest BCUT2D eigenvalue weighted by atomic mass is 9.87. The molecule has 0 aliphatic carbocycles. The monoisotopic (exact) mass is 519 g/mol. The van der Waals surface area contributed by atoms with Gasteiger partial charge in [0.2, 0.25) is 0 Å². The van der Waals surface area contributed by atoms with E-state index in [4.69, 9.17) is 4.98 Å². The maximum absolute atomic E-state index is 12.9. The lowest BCUT2D eigenvalue weighted by Crippen LogP contribution is -2.15. The molecule has 7 nitrogen and oxygen atoms in total. The second-order valence-electron chi connectivity index (χ2n) is 11.3. The molecule has 0 atom stereocenters. The number of aliphatic hydroxyl groups is 1. The average Bonchev–Trinajstić information content (AvgIpc) is 3.37. The SMILES string of the molecule is CC(C)(C)c1ccc(C(=O)Nc2cccc(-c3cn4ccnc4c(Nc4ccc(C(C)(C)O)cc4)n3)c2)cc1. The number of fused-ring (bicyclic) bond motifs is 1. The molecule has 2 aromatic heterocycles. The minimum Gasteiger partial charge on any atom is -0.386 e. The van der Waals surface area contributed by atoms with Crippen LogP contribution in [0.1, 0.15) is 56.1 Å². The van der Waals surface area contributed by atoms with Gasteiger partial charge in [-0.05, 0) is 66.8 Å². The summed E-state index contributed by atoms with van der Waals surface area (Å²) in [6.07, 6.45) is 5.51. The van der Waals surface area contributed by atoms with Crippen molar-refractivity contribution in [2.24, 2.45) is 0 Å². The van der Waals surface area contributed by atoms with Crippen molar-refractivity contribution in [2.75, 3.05) is 10.6 Å². The summed E-state index contributed by atoms with van der Waals surface area (Å²) in [6.45, 7) is 9.97. The first-order valence-electron chi connectivity index (χ1n) is 12.9. The molecule has 0 fully saturated rings. The molecule has 198 valence electrons. The fourth-order valence-corrected chi connectivity index (χ4v) is 4.33. The lowest BCUT2D eigenvalue weighted by Gasteiger charge is -2.19. The Kier molecular flexibility index (Phi) is 6.70. The molecule has 0 saturated heterocycles. The van der Waals surface area contributed by atoms with Crippen LogP contribution in [0.2, 0.25) is 0 Å². The highest BCUT2D eigenvalue weighted by Gasteiger charge is 2.17. The number of nitrogens with zero attached hydrogens (tertiary/aromatic N) is 3. The van der Waals surface area contributed by atoms with Gasteiger partial charge in [-0.25, -0.2) is 9.97 Å². The summed E-state index contributed by atoms with van der Waals surface area (Å²) in [4.78, 5) is 22.3. The molecule has 2 heterocycles. The number of rotatable bonds is 6. The molecule has 0 spiro atoms. The van der Waals surface area contributed by atoms with Crippen LogP contribution in [0.3, 0.4) is 0 Å². The van der Waals surface area contributed by atoms with Crippen molar-refractivity contribution >= 4 is 28.7 Å². The molecule has 5 rings (SSSR count). The number of hydrogen-bond donors (Lipinski definition) is 3. The van der Waals surface area contributed by atoms with Gasteiger partial charge in [0.15, 0.2) is 11.5 Å². The number of carbonyl (C=O) groups excluding carboxylic acids is 1. The van der Waals surface area contributed by atoms with Crippen molar-refractivity contribution in [3.8, 4) is 11.3 Å². The Hall–Kier alpha value is -4.49. The smallest absolute Gasteiger partial charge is 0.255 e. The van der Waals surface area contributed by atoms with Crippen LogP contribution in [-0.2, 0) is 11.0 Å². The summed E-state index contributed by atoms with van der Waals surface area (Å²) in [7, 11) is 0. The van der Waals surface area contributed by atoms with Gasteiger partial charge < -0.3 is 20.1 Å². The predicted octanol–water partition coefficient (Wildman–Crippen LogP) is 6.92. The van der Waals surface area contributed by atoms with Crippen LogP contribution in [0.25, 0.3) is 16.9 Å². The summed E-state index contributed by atoms with van der Waals surface area (Å²) >= 11 is 0. The first-order chi connectivity index (χ1) is 18.5. The van der Waals surface area contributed by atoms with Gasteiger partial charge in [0.05, 0.1) is 11.3 Å². The fraction of sp³-hybridized carbons (Fsp3) is 0.219. The van der Waals surface area contributed by atoms with E-state index >= 15 is 0 Å². The second-order valence-corrected chi connectivity index (χ2v) is 11.3. The molecule has 0 unspecified atom stereocenters. The number of amides is 1. The molecule has 5 aromatic rings. The first-order valence-corrected chi connectivity index (χ1v) is 12.9. The summed E-state index contributed by atoms with van der Waals surface area (Å²) in [5, 5.41) is 16.6. The molecule has 0 bridgehead atoms. The average molecular weight is 520 g/mol. The van der Waals surface area contributed by atoms with Crippen LogP contribution in [0.5, 0.6) is 0 Å². The van der Waals surface area contributed by atoms with Crippen molar-refractivity contribution < 1.29 is 9.90 Å². The van der Waals surface area contributed by atoms with Crippen molar-refractivity contribution in [1.29, 1.82) is 0 Å². The van der Waals surface area contributed by atoms with E-state index in [1.165, 1.54) is 5.56 Å². The molecular weight excluding hydrogens is 486 g/mol. The van der Waals surface area contributed by atoms with Crippen molar-refractivity contribution in [3.05, 3.63) is 108 Å². The van der Waals surface area contributed by atoms with E-state index in [2.05, 4.69) is 36.4 Å². The molecule has 3 N–H and O–H groups in total. The first kappa shape index (κ1) is 26.1. The van der Waals surface area contributed by atoms with E-state index in [1.807, 2.05) is 89.6 Å². The maximum atomic E-state index is 12.9. The third-order valence-electron chi connectivity index (χ3n) is 6.66. The molecule has 0 saturated carbocycles. The van der Waals surface area contributed by atoms with Crippen LogP contribution in [0, 0.1) is 0 Å². The van der Waals surface area contributed by atoms with Crippen molar-refractivity contribution in [2.45, 2.75) is 45.6 Å². The third-order valence-corrected chi connectivity index (χ3v) is 6.66. The Morgan fingerprint density at radius 3 is 2.23 bits per heavy atom. The highest BCUT2D eigenvalue weighted by atomic mass is 16.3. The minimum absolute atomic E-state index is 0.0280. The number of nitrogens with one attached hydrogen (secondary N) is 2. The van der Waals surface area contributed by atoms with Gasteiger partial charge in [0.1, 0.15) is 0 Å². The quantitative estimate of drug-likeness (QED) is 0.227. The Labute approximate surface area is 228 Å². The Balaban J connectivity index is 1.40. The highest BCUT2D eigenvalue weighted by Crippen LogP contribution is 2.28. The number of aromatic nitrogens is 3. The van der Waals surface area contributed by atoms with Gasteiger partial charge in [-0.3, -0.25) is 4.79 Å². The molecule has 7 heteroatoms. The van der Waals surface area contributed by atoms with E-state index in [0.29, 0.717) is 22.7 Å². The summed E-state index contributed by atoms with van der Waals surface area (Å²) in [6, 6.07) is 23.0. The Morgan fingerprint density at radius 2 is 1.56 bits per heavy atom. The zero-order chi connectivity index (χ0) is 27.8. The number of benzene rings is 3. The van der Waals surface area contributed by atoms with Crippen molar-refractivity contribution in [3.63, 3.8) is 0 Å². The van der Waals surface area contributed by atoms with Crippen LogP contribution >= 0.6 is 0 Å². The summed E-state index contributed by atoms with van der Waals surface area (Å²) in [5.74, 6) is 0.435. The van der Waals surface area contributed by atoms with Gasteiger partial charge >= 0.3 is 0 Å². The number of hydrogen-bond acceptors (Lipinski definition) is 5. The normalized spacial score (nSPS) is 11.9. The van der Waals surface area contributed by atoms with E-state index < -0.39 is 5.60 Å². The van der Waals surface area contributed by atoms with Crippen molar-refractivity contribution in [1.82, 2.24) is 14.4 Å². The highest BCUT2D eigenvalue weighted by molar-refractivity contribution is 6.04. The Morgan fingerprint density at radius 1 is 0.872 bits per heavy atom. The lowest BCUT2D eigenvalue weighted by molar-refractivity contribution is 0.0786. The number of imidazole rings is 1. The maximum Gasteiger partial charge on any atom is 0.255 e. The predicted molar refractivity (Wildman–Crippen MR) is 156 cm³/mol. The van der Waals surface area contributed by atoms with Crippen LogP contribution in [-0.4, -0.2) is 25.4 Å². The number of carbonyl (C=O) groups is 1. The molecule has 39 heavy (non-hydrogen) atoms. The van der Waals surface area contributed by atoms with Gasteiger partial charge in [0.25, 0.3) is 5.91 Å². The van der Waals surface area contributed by atoms with Gasteiger partial charge in [0, 0.05) is 41.1 Å². The van der Waals surface area contributed by atoms with Gasteiger partial charge in [-0.1, -0.05) is 57.2 Å². The molecule has 0 radical (unpaired) electrons. The standard InChI is InChI=1S/C32H33N5O2/c1-31(2,3)23-11-9-21(10-12-23)30(38)35-26-8-6-7-22(19-26)27-20-37-18-17-33-29(37)28(36-27)34-25-15-13-24(14-16-25)32(4,5)39/h6-20,39H,1-5H3,(H,34,36)(H,35,38). The van der Waals surface area contributed by atoms with Crippen LogP contribution in [0.15, 0.2) is 91.4 Å². The minimum atomic E-state index is -0.913. The summed E-state index contributed by atoms with van der Waals surface area (Å²) < 4.78 is 1.91. The van der Waals surface area contributed by atoms with Gasteiger partial charge in [-0.2, -0.15) is 0 Å². The van der Waals surface area contributed by atoms with Crippen LogP contribution in [0.4, 0.5) is 17.2 Å². The van der Waals surface area contributed by atoms with E-state index in [9.17, 15) is 9.90 Å². The zero-order valence-electron chi connectivity index (χ0n) is 22.9. The Bertz CT molecular complexity index is 1620. The summed E-state index contributed by atoms with van der Waals surface area (Å²) in [5.41, 5.74) is 5.50. The molecule has 3 aromatic carbocycles. The topological polar surface area (TPSA) is 91.6 Å². The number of anilines is 3. The van der Waals surface area contributed by atoms with Gasteiger partial charge in [-0.15, -0.1) is 0 Å². The third kappa shape index (κ3) is 5.84. The van der Waals surface area contributed by atoms with E-state index in [0.717, 1.165) is 22.5 Å².